The average molecular weight is 374 g/mol. The van der Waals surface area contributed by atoms with Crippen molar-refractivity contribution in [3.63, 3.8) is 0 Å². The van der Waals surface area contributed by atoms with Crippen LogP contribution in [0.4, 0.5) is 5.13 Å². The van der Waals surface area contributed by atoms with Crippen LogP contribution < -0.4 is 16.0 Å². The number of nitrogens with zero attached hydrogens (tertiary/aromatic N) is 1. The molecule has 3 N–H and O–H groups in total. The van der Waals surface area contributed by atoms with Crippen molar-refractivity contribution in [2.24, 2.45) is 0 Å². The molecule has 0 aliphatic rings. The van der Waals surface area contributed by atoms with Crippen LogP contribution in [0.15, 0.2) is 20.7 Å². The molecular formula is C12H14N4O6S2. The molecule has 10 nitrogen and oxygen atoms in total. The minimum atomic E-state index is -4.28. The van der Waals surface area contributed by atoms with E-state index in [9.17, 15) is 22.8 Å². The second kappa shape index (κ2) is 6.57. The molecule has 0 fully saturated rings. The molecule has 0 saturated heterocycles. The first-order chi connectivity index (χ1) is 11.1. The molecule has 24 heavy (non-hydrogen) atoms. The smallest absolute Gasteiger partial charge is 0.350 e. The second-order valence-electron chi connectivity index (χ2n) is 4.93. The highest BCUT2D eigenvalue weighted by Crippen LogP contribution is 2.25. The molecule has 2 rings (SSSR count). The minimum absolute atomic E-state index is 0.103. The fourth-order valence-electron chi connectivity index (χ4n) is 1.66. The lowest BCUT2D eigenvalue weighted by Gasteiger charge is -2.05. The van der Waals surface area contributed by atoms with E-state index in [0.29, 0.717) is 5.69 Å². The van der Waals surface area contributed by atoms with Crippen molar-refractivity contribution in [2.45, 2.75) is 31.8 Å². The summed E-state index contributed by atoms with van der Waals surface area (Å²) in [5.74, 6) is -0.618. The van der Waals surface area contributed by atoms with Gasteiger partial charge in [0.15, 0.2) is 10.0 Å². The quantitative estimate of drug-likeness (QED) is 0.632. The summed E-state index contributed by atoms with van der Waals surface area (Å²) in [6.45, 7) is 4.89. The standard InChI is InChI=1S/C12H14N4O6S2/c1-5(2)22-10(18)8-6(3)14-12(23-8)16-24(20,21)7-4-13-11(19)15-9(7)17/h4-5H,1-3H3,(H,14,16)(H2,13,15,17,19). The molecule has 0 aliphatic heterocycles. The Kier molecular flexibility index (Phi) is 4.89. The van der Waals surface area contributed by atoms with Crippen molar-refractivity contribution in [2.75, 3.05) is 4.72 Å². The Balaban J connectivity index is 2.32. The summed E-state index contributed by atoms with van der Waals surface area (Å²) in [7, 11) is -4.28. The first kappa shape index (κ1) is 17.9. The number of carbonyl (C=O) groups excluding carboxylic acids is 1. The number of hydrogen-bond acceptors (Lipinski definition) is 8. The molecule has 0 aromatic carbocycles. The number of aryl methyl sites for hydroxylation is 1. The summed E-state index contributed by atoms with van der Waals surface area (Å²) < 4.78 is 31.5. The van der Waals surface area contributed by atoms with Crippen LogP contribution in [-0.2, 0) is 14.8 Å². The number of sulfonamides is 1. The van der Waals surface area contributed by atoms with Gasteiger partial charge in [-0.3, -0.25) is 14.5 Å². The average Bonchev–Trinajstić information content (AvgIpc) is 2.77. The fourth-order valence-corrected chi connectivity index (χ4v) is 3.76. The van der Waals surface area contributed by atoms with Gasteiger partial charge in [0.25, 0.3) is 15.6 Å². The minimum Gasteiger partial charge on any atom is -0.459 e. The molecule has 0 unspecified atom stereocenters. The number of rotatable bonds is 5. The zero-order valence-electron chi connectivity index (χ0n) is 12.9. The highest BCUT2D eigenvalue weighted by molar-refractivity contribution is 7.93. The molecule has 0 amide bonds. The van der Waals surface area contributed by atoms with Crippen LogP contribution in [0.2, 0.25) is 0 Å². The summed E-state index contributed by atoms with van der Waals surface area (Å²) in [6.07, 6.45) is 0.441. The monoisotopic (exact) mass is 374 g/mol. The third kappa shape index (κ3) is 3.89. The van der Waals surface area contributed by atoms with Crippen molar-refractivity contribution >= 4 is 32.5 Å². The van der Waals surface area contributed by atoms with Gasteiger partial charge in [0.05, 0.1) is 11.8 Å². The Morgan fingerprint density at radius 2 is 2.04 bits per heavy atom. The van der Waals surface area contributed by atoms with E-state index in [-0.39, 0.29) is 16.1 Å². The van der Waals surface area contributed by atoms with Gasteiger partial charge in [0.1, 0.15) is 4.88 Å². The highest BCUT2D eigenvalue weighted by atomic mass is 32.2. The van der Waals surface area contributed by atoms with E-state index in [1.54, 1.807) is 13.8 Å². The molecule has 0 spiro atoms. The maximum Gasteiger partial charge on any atom is 0.350 e. The van der Waals surface area contributed by atoms with E-state index in [2.05, 4.69) is 14.7 Å². The Labute approximate surface area is 140 Å². The maximum absolute atomic E-state index is 12.2. The van der Waals surface area contributed by atoms with Crippen LogP contribution >= 0.6 is 11.3 Å². The number of H-pyrrole nitrogens is 2. The summed E-state index contributed by atoms with van der Waals surface area (Å²) in [5.41, 5.74) is -1.61. The third-order valence-corrected chi connectivity index (χ3v) is 5.15. The van der Waals surface area contributed by atoms with Gasteiger partial charge in [-0.1, -0.05) is 11.3 Å². The van der Waals surface area contributed by atoms with E-state index in [1.165, 1.54) is 6.92 Å². The normalized spacial score (nSPS) is 11.5. The van der Waals surface area contributed by atoms with Gasteiger partial charge in [-0.25, -0.2) is 23.0 Å². The van der Waals surface area contributed by atoms with Crippen molar-refractivity contribution in [3.05, 3.63) is 37.6 Å². The zero-order valence-corrected chi connectivity index (χ0v) is 14.5. The number of aromatic nitrogens is 3. The Morgan fingerprint density at radius 3 is 2.62 bits per heavy atom. The van der Waals surface area contributed by atoms with E-state index < -0.39 is 32.1 Å². The summed E-state index contributed by atoms with van der Waals surface area (Å²) >= 11 is 0.780. The van der Waals surface area contributed by atoms with Gasteiger partial charge in [-0.15, -0.1) is 0 Å². The van der Waals surface area contributed by atoms with E-state index in [4.69, 9.17) is 4.74 Å². The number of anilines is 1. The Hall–Kier alpha value is -2.47. The molecule has 2 aromatic rings. The Morgan fingerprint density at radius 1 is 1.38 bits per heavy atom. The fraction of sp³-hybridized carbons (Fsp3) is 0.333. The Bertz CT molecular complexity index is 985. The molecule has 0 radical (unpaired) electrons. The predicted octanol–water partition coefficient (Wildman–Crippen LogP) is 0.194. The number of nitrogens with one attached hydrogen (secondary N) is 3. The molecule has 0 atom stereocenters. The topological polar surface area (TPSA) is 151 Å². The van der Waals surface area contributed by atoms with Gasteiger partial charge in [-0.2, -0.15) is 0 Å². The number of aromatic amines is 2. The molecule has 0 bridgehead atoms. The number of thiazole rings is 1. The molecule has 130 valence electrons. The SMILES string of the molecule is Cc1nc(NS(=O)(=O)c2c[nH]c(=O)[nH]c2=O)sc1C(=O)OC(C)C. The van der Waals surface area contributed by atoms with Gasteiger partial charge >= 0.3 is 11.7 Å². The third-order valence-electron chi connectivity index (χ3n) is 2.62. The van der Waals surface area contributed by atoms with E-state index >= 15 is 0 Å². The second-order valence-corrected chi connectivity index (χ2v) is 7.58. The van der Waals surface area contributed by atoms with Crippen LogP contribution in [-0.4, -0.2) is 35.4 Å². The lowest BCUT2D eigenvalue weighted by Crippen LogP contribution is -2.29. The predicted molar refractivity (Wildman–Crippen MR) is 85.9 cm³/mol. The summed E-state index contributed by atoms with van der Waals surface area (Å²) in [5, 5.41) is -0.103. The van der Waals surface area contributed by atoms with Gasteiger partial charge in [0.2, 0.25) is 0 Å². The van der Waals surface area contributed by atoms with Gasteiger partial charge < -0.3 is 9.72 Å². The molecule has 0 saturated carbocycles. The number of carbonyl (C=O) groups is 1. The molecule has 0 aliphatic carbocycles. The summed E-state index contributed by atoms with van der Waals surface area (Å²) in [4.78, 5) is 41.7. The maximum atomic E-state index is 12.2. The van der Waals surface area contributed by atoms with Gasteiger partial charge in [-0.05, 0) is 20.8 Å². The highest BCUT2D eigenvalue weighted by Gasteiger charge is 2.23. The number of ether oxygens (including phenoxy) is 1. The van der Waals surface area contributed by atoms with Crippen molar-refractivity contribution in [3.8, 4) is 0 Å². The van der Waals surface area contributed by atoms with Crippen LogP contribution in [0.3, 0.4) is 0 Å². The first-order valence-corrected chi connectivity index (χ1v) is 8.93. The molecule has 2 aromatic heterocycles. The number of esters is 1. The van der Waals surface area contributed by atoms with Crippen LogP contribution in [0.5, 0.6) is 0 Å². The molecule has 2 heterocycles. The largest absolute Gasteiger partial charge is 0.459 e. The van der Waals surface area contributed by atoms with Crippen molar-refractivity contribution in [1.82, 2.24) is 15.0 Å². The van der Waals surface area contributed by atoms with Crippen LogP contribution in [0.25, 0.3) is 0 Å². The molecular weight excluding hydrogens is 360 g/mol. The summed E-state index contributed by atoms with van der Waals surface area (Å²) in [6, 6.07) is 0. The van der Waals surface area contributed by atoms with Crippen LogP contribution in [0, 0.1) is 6.92 Å². The lowest BCUT2D eigenvalue weighted by molar-refractivity contribution is 0.0382. The molecule has 12 heteroatoms. The van der Waals surface area contributed by atoms with Crippen LogP contribution in [0.1, 0.15) is 29.2 Å². The van der Waals surface area contributed by atoms with Crippen molar-refractivity contribution < 1.29 is 17.9 Å². The number of hydrogen-bond donors (Lipinski definition) is 3. The first-order valence-electron chi connectivity index (χ1n) is 6.63. The lowest BCUT2D eigenvalue weighted by atomic mass is 10.4. The van der Waals surface area contributed by atoms with E-state index in [0.717, 1.165) is 17.5 Å². The van der Waals surface area contributed by atoms with E-state index in [1.807, 2.05) is 4.98 Å². The zero-order chi connectivity index (χ0) is 18.1. The van der Waals surface area contributed by atoms with Gasteiger partial charge in [0, 0.05) is 6.20 Å². The van der Waals surface area contributed by atoms with Crippen molar-refractivity contribution in [1.29, 1.82) is 0 Å².